The summed E-state index contributed by atoms with van der Waals surface area (Å²) < 4.78 is 0. The van der Waals surface area contributed by atoms with Gasteiger partial charge in [-0.15, -0.1) is 10.2 Å². The number of tetrazole rings is 1. The normalized spacial score (nSPS) is 10.6. The van der Waals surface area contributed by atoms with Crippen molar-refractivity contribution >= 4 is 23.4 Å². The lowest BCUT2D eigenvalue weighted by Crippen LogP contribution is -2.30. The van der Waals surface area contributed by atoms with Crippen molar-refractivity contribution in [1.82, 2.24) is 25.5 Å². The monoisotopic (exact) mass is 384 g/mol. The molecule has 0 radical (unpaired) electrons. The maximum Gasteiger partial charge on any atom is 0.248 e. The maximum absolute atomic E-state index is 12.0. The van der Waals surface area contributed by atoms with Crippen molar-refractivity contribution in [2.75, 3.05) is 6.54 Å². The SMILES string of the molecule is NC(=O)c1ccc(-c2nnn(CC(=O)NCCc3cccc(Cl)c3)n2)cc1. The number of nitrogens with one attached hydrogen (secondary N) is 1. The molecule has 2 amide bonds. The average Bonchev–Trinajstić information content (AvgIpc) is 3.10. The molecule has 3 rings (SSSR count). The molecule has 2 aromatic carbocycles. The van der Waals surface area contributed by atoms with Crippen molar-refractivity contribution < 1.29 is 9.59 Å². The molecular formula is C18H17ClN6O2. The number of nitrogens with zero attached hydrogens (tertiary/aromatic N) is 4. The lowest BCUT2D eigenvalue weighted by Gasteiger charge is -2.05. The zero-order valence-electron chi connectivity index (χ0n) is 14.3. The van der Waals surface area contributed by atoms with Gasteiger partial charge in [-0.1, -0.05) is 35.9 Å². The number of hydrogen-bond acceptors (Lipinski definition) is 5. The minimum absolute atomic E-state index is 0.0398. The van der Waals surface area contributed by atoms with Crippen molar-refractivity contribution in [2.24, 2.45) is 5.73 Å². The number of nitrogens with two attached hydrogens (primary N) is 1. The first kappa shape index (κ1) is 18.5. The van der Waals surface area contributed by atoms with Gasteiger partial charge in [-0.05, 0) is 41.5 Å². The van der Waals surface area contributed by atoms with E-state index in [2.05, 4.69) is 20.7 Å². The summed E-state index contributed by atoms with van der Waals surface area (Å²) in [4.78, 5) is 24.3. The summed E-state index contributed by atoms with van der Waals surface area (Å²) in [5.41, 5.74) is 7.32. The molecule has 0 fully saturated rings. The molecule has 0 unspecified atom stereocenters. The highest BCUT2D eigenvalue weighted by Crippen LogP contribution is 2.14. The van der Waals surface area contributed by atoms with Gasteiger partial charge in [-0.2, -0.15) is 4.80 Å². The zero-order chi connectivity index (χ0) is 19.2. The summed E-state index contributed by atoms with van der Waals surface area (Å²) in [6.07, 6.45) is 0.675. The van der Waals surface area contributed by atoms with Crippen LogP contribution < -0.4 is 11.1 Å². The molecule has 0 bridgehead atoms. The van der Waals surface area contributed by atoms with Crippen molar-refractivity contribution in [3.05, 3.63) is 64.7 Å². The van der Waals surface area contributed by atoms with Crippen molar-refractivity contribution in [3.8, 4) is 11.4 Å². The fourth-order valence-corrected chi connectivity index (χ4v) is 2.65. The van der Waals surface area contributed by atoms with Gasteiger partial charge in [0, 0.05) is 22.7 Å². The van der Waals surface area contributed by atoms with Gasteiger partial charge in [0.15, 0.2) is 0 Å². The van der Waals surface area contributed by atoms with Crippen molar-refractivity contribution in [3.63, 3.8) is 0 Å². The second-order valence-corrected chi connectivity index (χ2v) is 6.25. The molecule has 0 saturated carbocycles. The highest BCUT2D eigenvalue weighted by molar-refractivity contribution is 6.30. The van der Waals surface area contributed by atoms with Crippen molar-refractivity contribution in [2.45, 2.75) is 13.0 Å². The van der Waals surface area contributed by atoms with Crippen LogP contribution in [0.25, 0.3) is 11.4 Å². The third kappa shape index (κ3) is 5.11. The molecule has 3 aromatic rings. The smallest absolute Gasteiger partial charge is 0.248 e. The summed E-state index contributed by atoms with van der Waals surface area (Å²) in [7, 11) is 0. The van der Waals surface area contributed by atoms with Crippen LogP contribution in [0.3, 0.4) is 0 Å². The van der Waals surface area contributed by atoms with Crippen LogP contribution in [0, 0.1) is 0 Å². The number of aromatic nitrogens is 4. The molecule has 1 aromatic heterocycles. The number of halogens is 1. The molecule has 0 aliphatic rings. The van der Waals surface area contributed by atoms with E-state index in [1.807, 2.05) is 18.2 Å². The summed E-state index contributed by atoms with van der Waals surface area (Å²) in [6.45, 7) is 0.442. The molecule has 9 heteroatoms. The van der Waals surface area contributed by atoms with Gasteiger partial charge in [0.1, 0.15) is 6.54 Å². The molecule has 3 N–H and O–H groups in total. The minimum Gasteiger partial charge on any atom is -0.366 e. The molecule has 0 aliphatic carbocycles. The molecule has 0 spiro atoms. The third-order valence-electron chi connectivity index (χ3n) is 3.79. The molecule has 1 heterocycles. The first-order valence-electron chi connectivity index (χ1n) is 8.20. The predicted molar refractivity (Wildman–Crippen MR) is 99.9 cm³/mol. The Morgan fingerprint density at radius 1 is 1.15 bits per heavy atom. The van der Waals surface area contributed by atoms with Gasteiger partial charge in [-0.3, -0.25) is 9.59 Å². The van der Waals surface area contributed by atoms with Crippen LogP contribution in [0.2, 0.25) is 5.02 Å². The van der Waals surface area contributed by atoms with E-state index < -0.39 is 5.91 Å². The average molecular weight is 385 g/mol. The number of hydrogen-bond donors (Lipinski definition) is 2. The summed E-state index contributed by atoms with van der Waals surface area (Å²) in [6, 6.07) is 14.0. The third-order valence-corrected chi connectivity index (χ3v) is 4.03. The second kappa shape index (κ2) is 8.41. The van der Waals surface area contributed by atoms with Crippen LogP contribution in [-0.2, 0) is 17.8 Å². The highest BCUT2D eigenvalue weighted by Gasteiger charge is 2.10. The molecule has 138 valence electrons. The Labute approximate surface area is 160 Å². The lowest BCUT2D eigenvalue weighted by atomic mass is 10.1. The van der Waals surface area contributed by atoms with Crippen LogP contribution in [0.5, 0.6) is 0 Å². The minimum atomic E-state index is -0.507. The van der Waals surface area contributed by atoms with E-state index in [9.17, 15) is 9.59 Å². The van der Waals surface area contributed by atoms with E-state index >= 15 is 0 Å². The van der Waals surface area contributed by atoms with Gasteiger partial charge in [0.25, 0.3) is 0 Å². The largest absolute Gasteiger partial charge is 0.366 e. The topological polar surface area (TPSA) is 116 Å². The fraction of sp³-hybridized carbons (Fsp3) is 0.167. The Kier molecular flexibility index (Phi) is 5.77. The molecule has 0 saturated heterocycles. The van der Waals surface area contributed by atoms with Gasteiger partial charge in [0.2, 0.25) is 17.6 Å². The first-order chi connectivity index (χ1) is 13.0. The van der Waals surface area contributed by atoms with E-state index in [1.54, 1.807) is 30.3 Å². The van der Waals surface area contributed by atoms with Crippen LogP contribution in [0.4, 0.5) is 0 Å². The molecular weight excluding hydrogens is 368 g/mol. The van der Waals surface area contributed by atoms with E-state index in [-0.39, 0.29) is 12.5 Å². The molecule has 8 nitrogen and oxygen atoms in total. The number of carbonyl (C=O) groups excluding carboxylic acids is 2. The number of carbonyl (C=O) groups is 2. The van der Waals surface area contributed by atoms with E-state index in [1.165, 1.54) is 4.80 Å². The van der Waals surface area contributed by atoms with E-state index in [0.717, 1.165) is 5.56 Å². The van der Waals surface area contributed by atoms with Gasteiger partial charge < -0.3 is 11.1 Å². The van der Waals surface area contributed by atoms with Gasteiger partial charge in [0.05, 0.1) is 0 Å². The Morgan fingerprint density at radius 3 is 2.63 bits per heavy atom. The molecule has 0 aliphatic heterocycles. The fourth-order valence-electron chi connectivity index (χ4n) is 2.43. The summed E-state index contributed by atoms with van der Waals surface area (Å²) >= 11 is 5.93. The Balaban J connectivity index is 1.52. The lowest BCUT2D eigenvalue weighted by molar-refractivity contribution is -0.122. The van der Waals surface area contributed by atoms with Gasteiger partial charge in [-0.25, -0.2) is 0 Å². The maximum atomic E-state index is 12.0. The molecule has 27 heavy (non-hydrogen) atoms. The summed E-state index contributed by atoms with van der Waals surface area (Å²) in [5, 5.41) is 15.4. The summed E-state index contributed by atoms with van der Waals surface area (Å²) in [5.74, 6) is -0.365. The Hall–Kier alpha value is -3.26. The Bertz CT molecular complexity index is 954. The zero-order valence-corrected chi connectivity index (χ0v) is 15.1. The number of amides is 2. The molecule has 0 atom stereocenters. The second-order valence-electron chi connectivity index (χ2n) is 5.81. The number of rotatable bonds is 7. The predicted octanol–water partition coefficient (Wildman–Crippen LogP) is 1.45. The highest BCUT2D eigenvalue weighted by atomic mass is 35.5. The van der Waals surface area contributed by atoms with Crippen LogP contribution in [0.15, 0.2) is 48.5 Å². The standard InChI is InChI=1S/C18H17ClN6O2/c19-15-3-1-2-12(10-15)8-9-21-16(26)11-25-23-18(22-24-25)14-6-4-13(5-7-14)17(20)27/h1-7,10H,8-9,11H2,(H2,20,27)(H,21,26). The Morgan fingerprint density at radius 2 is 1.93 bits per heavy atom. The number of primary amides is 1. The quantitative estimate of drug-likeness (QED) is 0.639. The van der Waals surface area contributed by atoms with Gasteiger partial charge >= 0.3 is 0 Å². The van der Waals surface area contributed by atoms with Crippen molar-refractivity contribution in [1.29, 1.82) is 0 Å². The number of benzene rings is 2. The first-order valence-corrected chi connectivity index (χ1v) is 8.58. The van der Waals surface area contributed by atoms with E-state index in [0.29, 0.717) is 34.9 Å². The van der Waals surface area contributed by atoms with Crippen LogP contribution >= 0.6 is 11.6 Å². The van der Waals surface area contributed by atoms with Crippen LogP contribution in [-0.4, -0.2) is 38.6 Å². The van der Waals surface area contributed by atoms with E-state index in [4.69, 9.17) is 17.3 Å². The van der Waals surface area contributed by atoms with Crippen LogP contribution in [0.1, 0.15) is 15.9 Å².